The molecule has 0 aliphatic rings. The first kappa shape index (κ1) is 5.17. The molecule has 0 aromatic carbocycles. The van der Waals surface area contributed by atoms with Crippen molar-refractivity contribution < 1.29 is 5.73 Å². The fourth-order valence-corrected chi connectivity index (χ4v) is 0.349. The summed E-state index contributed by atoms with van der Waals surface area (Å²) in [6.45, 7) is 1.89. The van der Waals surface area contributed by atoms with E-state index in [1.165, 1.54) is 0 Å². The van der Waals surface area contributed by atoms with Gasteiger partial charge >= 0.3 is 0 Å². The molecule has 0 unspecified atom stereocenters. The Morgan fingerprint density at radius 3 is 2.75 bits per heavy atom. The van der Waals surface area contributed by atoms with Gasteiger partial charge in [0.05, 0.1) is 5.82 Å². The zero-order chi connectivity index (χ0) is 5.98. The minimum absolute atomic E-state index is 0.0880. The van der Waals surface area contributed by atoms with Crippen LogP contribution in [0.3, 0.4) is 0 Å². The van der Waals surface area contributed by atoms with Gasteiger partial charge in [-0.3, -0.25) is 10.3 Å². The van der Waals surface area contributed by atoms with E-state index in [9.17, 15) is 0 Å². The van der Waals surface area contributed by atoms with Gasteiger partial charge in [0.2, 0.25) is 0 Å². The number of rotatable bonds is 1. The highest BCUT2D eigenvalue weighted by atomic mass is 15.5. The molecule has 1 aromatic heterocycles. The molecule has 0 aliphatic carbocycles. The van der Waals surface area contributed by atoms with Crippen LogP contribution in [0.1, 0.15) is 18.8 Å². The van der Waals surface area contributed by atoms with Crippen LogP contribution in [0.25, 0.3) is 0 Å². The quantitative estimate of drug-likeness (QED) is 0.462. The van der Waals surface area contributed by atoms with Crippen LogP contribution in [0.2, 0.25) is 0 Å². The Balaban J connectivity index is 2.77. The summed E-state index contributed by atoms with van der Waals surface area (Å²) in [6.07, 6.45) is 0. The first-order valence-electron chi connectivity index (χ1n) is 2.32. The van der Waals surface area contributed by atoms with E-state index in [2.05, 4.69) is 26.4 Å². The topological polar surface area (TPSA) is 80.4 Å². The van der Waals surface area contributed by atoms with Gasteiger partial charge in [0, 0.05) is 0 Å². The fourth-order valence-electron chi connectivity index (χ4n) is 0.349. The monoisotopic (exact) mass is 113 g/mol. The Bertz CT molecular complexity index is 143. The van der Waals surface area contributed by atoms with Crippen LogP contribution in [0.15, 0.2) is 0 Å². The van der Waals surface area contributed by atoms with Crippen LogP contribution in [0.5, 0.6) is 0 Å². The lowest BCUT2D eigenvalue weighted by Gasteiger charge is -1.96. The molecular formula is C3H7N5. The molecule has 0 saturated carbocycles. The van der Waals surface area contributed by atoms with Crippen molar-refractivity contribution in [2.24, 2.45) is 0 Å². The van der Waals surface area contributed by atoms with E-state index >= 15 is 0 Å². The summed E-state index contributed by atoms with van der Waals surface area (Å²) in [5.74, 6) is 0.602. The van der Waals surface area contributed by atoms with Crippen LogP contribution in [0, 0.1) is 0 Å². The maximum absolute atomic E-state index is 3.68. The molecule has 0 radical (unpaired) electrons. The molecule has 1 atom stereocenters. The standard InChI is InChI=1S/C3H6N5/c1-2(4)3-5-7-8-6-3/h2H,4H2,1H3/q-1/p+1/t2-/m1/s1. The van der Waals surface area contributed by atoms with Gasteiger partial charge in [0.25, 0.3) is 0 Å². The van der Waals surface area contributed by atoms with Gasteiger partial charge in [-0.25, -0.2) is 0 Å². The Kier molecular flexibility index (Phi) is 1.21. The lowest BCUT2D eigenvalue weighted by molar-refractivity contribution is -0.422. The normalized spacial score (nSPS) is 13.8. The molecule has 8 heavy (non-hydrogen) atoms. The lowest BCUT2D eigenvalue weighted by atomic mass is 10.4. The van der Waals surface area contributed by atoms with Crippen molar-refractivity contribution in [3.8, 4) is 0 Å². The second kappa shape index (κ2) is 1.87. The molecule has 0 fully saturated rings. The van der Waals surface area contributed by atoms with Crippen molar-refractivity contribution >= 4 is 0 Å². The van der Waals surface area contributed by atoms with E-state index in [1.807, 2.05) is 6.92 Å². The van der Waals surface area contributed by atoms with Gasteiger partial charge in [-0.05, 0) is 6.92 Å². The smallest absolute Gasteiger partial charge is 0.114 e. The van der Waals surface area contributed by atoms with Gasteiger partial charge < -0.3 is 10.8 Å². The predicted octanol–water partition coefficient (Wildman–Crippen LogP) is -1.87. The van der Waals surface area contributed by atoms with Gasteiger partial charge in [-0.1, -0.05) is 0 Å². The van der Waals surface area contributed by atoms with E-state index in [1.54, 1.807) is 0 Å². The van der Waals surface area contributed by atoms with E-state index < -0.39 is 0 Å². The Morgan fingerprint density at radius 1 is 1.75 bits per heavy atom. The Labute approximate surface area is 46.3 Å². The average molecular weight is 113 g/mol. The molecule has 44 valence electrons. The molecular weight excluding hydrogens is 106 g/mol. The molecule has 0 aliphatic heterocycles. The second-order valence-corrected chi connectivity index (χ2v) is 1.64. The van der Waals surface area contributed by atoms with Crippen LogP contribution >= 0.6 is 0 Å². The summed E-state index contributed by atoms with van der Waals surface area (Å²) in [7, 11) is 0. The highest BCUT2D eigenvalue weighted by Crippen LogP contribution is 1.91. The maximum Gasteiger partial charge on any atom is 0.114 e. The molecule has 5 heteroatoms. The number of quaternary nitrogens is 1. The van der Waals surface area contributed by atoms with Gasteiger partial charge in [-0.15, -0.1) is 0 Å². The number of tetrazole rings is 1. The summed E-state index contributed by atoms with van der Waals surface area (Å²) < 4.78 is 0. The molecule has 1 aromatic rings. The summed E-state index contributed by atoms with van der Waals surface area (Å²) in [5.41, 5.74) is 3.68. The van der Waals surface area contributed by atoms with Gasteiger partial charge in [-0.2, -0.15) is 5.21 Å². The van der Waals surface area contributed by atoms with Crippen molar-refractivity contribution in [2.45, 2.75) is 13.0 Å². The summed E-state index contributed by atoms with van der Waals surface area (Å²) in [6, 6.07) is 0.0880. The number of nitrogens with zero attached hydrogens (tertiary/aromatic N) is 4. The largest absolute Gasteiger partial charge is 0.351 e. The molecule has 0 bridgehead atoms. The molecule has 1 rings (SSSR count). The highest BCUT2D eigenvalue weighted by molar-refractivity contribution is 4.77. The first-order chi connectivity index (χ1) is 3.80. The summed E-state index contributed by atoms with van der Waals surface area (Å²) >= 11 is 0. The van der Waals surface area contributed by atoms with E-state index in [-0.39, 0.29) is 6.04 Å². The molecule has 3 N–H and O–H groups in total. The van der Waals surface area contributed by atoms with Crippen LogP contribution < -0.4 is 10.8 Å². The summed E-state index contributed by atoms with van der Waals surface area (Å²) in [5, 5.41) is 13.7. The number of aromatic nitrogens is 4. The van der Waals surface area contributed by atoms with Crippen LogP contribution in [-0.4, -0.2) is 15.5 Å². The number of hydrogen-bond donors (Lipinski definition) is 1. The Morgan fingerprint density at radius 2 is 2.50 bits per heavy atom. The van der Waals surface area contributed by atoms with Crippen LogP contribution in [-0.2, 0) is 0 Å². The van der Waals surface area contributed by atoms with Gasteiger partial charge in [0.15, 0.2) is 0 Å². The maximum atomic E-state index is 3.68. The van der Waals surface area contributed by atoms with Gasteiger partial charge in [0.1, 0.15) is 6.04 Å². The van der Waals surface area contributed by atoms with Crippen LogP contribution in [0.4, 0.5) is 0 Å². The minimum atomic E-state index is 0.0880. The van der Waals surface area contributed by atoms with Crippen molar-refractivity contribution in [1.29, 1.82) is 0 Å². The SMILES string of the molecule is C[C@@H]([NH3+])c1nnn[n-]1. The average Bonchev–Trinajstić information content (AvgIpc) is 2.12. The second-order valence-electron chi connectivity index (χ2n) is 1.64. The third kappa shape index (κ3) is 0.812. The van der Waals surface area contributed by atoms with Crippen molar-refractivity contribution in [3.05, 3.63) is 5.82 Å². The molecule has 5 nitrogen and oxygen atoms in total. The number of hydrogen-bond acceptors (Lipinski definition) is 3. The third-order valence-electron chi connectivity index (χ3n) is 0.775. The summed E-state index contributed by atoms with van der Waals surface area (Å²) in [4.78, 5) is 0. The van der Waals surface area contributed by atoms with E-state index in [4.69, 9.17) is 0 Å². The van der Waals surface area contributed by atoms with E-state index in [0.717, 1.165) is 0 Å². The van der Waals surface area contributed by atoms with Crippen molar-refractivity contribution in [3.63, 3.8) is 0 Å². The Hall–Kier alpha value is -0.970. The van der Waals surface area contributed by atoms with Crippen molar-refractivity contribution in [2.75, 3.05) is 0 Å². The minimum Gasteiger partial charge on any atom is -0.351 e. The molecule has 0 amide bonds. The van der Waals surface area contributed by atoms with Crippen molar-refractivity contribution in [1.82, 2.24) is 20.6 Å². The van der Waals surface area contributed by atoms with E-state index in [0.29, 0.717) is 5.82 Å². The molecule has 1 heterocycles. The zero-order valence-electron chi connectivity index (χ0n) is 4.57. The highest BCUT2D eigenvalue weighted by Gasteiger charge is 1.95. The fraction of sp³-hybridized carbons (Fsp3) is 0.667. The molecule has 0 saturated heterocycles. The first-order valence-corrected chi connectivity index (χ1v) is 2.32. The molecule has 0 spiro atoms. The predicted molar refractivity (Wildman–Crippen MR) is 24.5 cm³/mol. The lowest BCUT2D eigenvalue weighted by Crippen LogP contribution is -2.52. The third-order valence-corrected chi connectivity index (χ3v) is 0.775. The zero-order valence-corrected chi connectivity index (χ0v) is 4.57.